The van der Waals surface area contributed by atoms with Crippen molar-refractivity contribution in [3.8, 4) is 0 Å². The van der Waals surface area contributed by atoms with Crippen LogP contribution in [0.5, 0.6) is 0 Å². The van der Waals surface area contributed by atoms with E-state index in [0.29, 0.717) is 23.1 Å². The van der Waals surface area contributed by atoms with Crippen LogP contribution in [-0.2, 0) is 13.0 Å². The number of halogens is 1. The molecule has 0 saturated heterocycles. The lowest BCUT2D eigenvalue weighted by molar-refractivity contribution is 0.262. The Hall–Kier alpha value is -2.05. The van der Waals surface area contributed by atoms with E-state index in [2.05, 4.69) is 26.1 Å². The van der Waals surface area contributed by atoms with E-state index in [1.165, 1.54) is 0 Å². The molecule has 7 heteroatoms. The molecule has 4 N–H and O–H groups in total. The summed E-state index contributed by atoms with van der Waals surface area (Å²) in [5, 5.41) is 16.4. The predicted molar refractivity (Wildman–Crippen MR) is 78.1 cm³/mol. The lowest BCUT2D eigenvalue weighted by Gasteiger charge is -2.13. The van der Waals surface area contributed by atoms with Crippen molar-refractivity contribution in [2.75, 3.05) is 17.2 Å². The number of urea groups is 1. The van der Waals surface area contributed by atoms with Gasteiger partial charge in [-0.05, 0) is 18.2 Å². The van der Waals surface area contributed by atoms with Gasteiger partial charge in [-0.3, -0.25) is 10.4 Å². The average Bonchev–Trinajstić information content (AvgIpc) is 2.82. The third kappa shape index (κ3) is 2.76. The molecular weight excluding hydrogens is 278 g/mol. The average molecular weight is 292 g/mol. The predicted octanol–water partition coefficient (Wildman–Crippen LogP) is 2.35. The van der Waals surface area contributed by atoms with Crippen LogP contribution in [0.4, 0.5) is 16.3 Å². The molecule has 0 aliphatic carbocycles. The van der Waals surface area contributed by atoms with Crippen molar-refractivity contribution in [2.45, 2.75) is 13.0 Å². The molecule has 0 saturated carbocycles. The SMILES string of the molecule is O=C(Nc1cccc(Cl)c1)Nc1n[nH]c2c1CNCC2. The number of benzene rings is 1. The second-order valence-corrected chi connectivity index (χ2v) is 4.98. The van der Waals surface area contributed by atoms with Crippen LogP contribution >= 0.6 is 11.6 Å². The number of hydrogen-bond acceptors (Lipinski definition) is 3. The summed E-state index contributed by atoms with van der Waals surface area (Å²) in [7, 11) is 0. The summed E-state index contributed by atoms with van der Waals surface area (Å²) in [5.74, 6) is 0.562. The highest BCUT2D eigenvalue weighted by atomic mass is 35.5. The fourth-order valence-corrected chi connectivity index (χ4v) is 2.36. The molecule has 6 nitrogen and oxygen atoms in total. The number of anilines is 2. The maximum absolute atomic E-state index is 11.9. The second-order valence-electron chi connectivity index (χ2n) is 4.55. The van der Waals surface area contributed by atoms with Gasteiger partial charge in [-0.15, -0.1) is 0 Å². The molecule has 0 fully saturated rings. The van der Waals surface area contributed by atoms with Gasteiger partial charge in [0.15, 0.2) is 5.82 Å². The molecule has 2 amide bonds. The number of aromatic nitrogens is 2. The van der Waals surface area contributed by atoms with Crippen molar-refractivity contribution in [3.05, 3.63) is 40.5 Å². The smallest absolute Gasteiger partial charge is 0.312 e. The number of carbonyl (C=O) groups excluding carboxylic acids is 1. The molecule has 1 aliphatic heterocycles. The van der Waals surface area contributed by atoms with Gasteiger partial charge in [0.1, 0.15) is 0 Å². The minimum atomic E-state index is -0.341. The molecule has 104 valence electrons. The number of aromatic amines is 1. The number of nitrogens with zero attached hydrogens (tertiary/aromatic N) is 1. The number of hydrogen-bond donors (Lipinski definition) is 4. The molecule has 0 bridgehead atoms. The molecule has 2 heterocycles. The number of fused-ring (bicyclic) bond motifs is 1. The van der Waals surface area contributed by atoms with E-state index < -0.39 is 0 Å². The Morgan fingerprint density at radius 1 is 1.35 bits per heavy atom. The van der Waals surface area contributed by atoms with Crippen LogP contribution in [0.3, 0.4) is 0 Å². The van der Waals surface area contributed by atoms with Gasteiger partial charge >= 0.3 is 6.03 Å². The number of H-pyrrole nitrogens is 1. The molecule has 1 aliphatic rings. The van der Waals surface area contributed by atoms with Crippen molar-refractivity contribution in [1.82, 2.24) is 15.5 Å². The zero-order valence-electron chi connectivity index (χ0n) is 10.7. The first-order valence-corrected chi connectivity index (χ1v) is 6.70. The van der Waals surface area contributed by atoms with E-state index in [-0.39, 0.29) is 6.03 Å². The van der Waals surface area contributed by atoms with Crippen molar-refractivity contribution >= 4 is 29.1 Å². The monoisotopic (exact) mass is 291 g/mol. The molecule has 0 spiro atoms. The summed E-state index contributed by atoms with van der Waals surface area (Å²) in [5.41, 5.74) is 2.72. The Labute approximate surface area is 120 Å². The van der Waals surface area contributed by atoms with E-state index in [1.54, 1.807) is 24.3 Å². The second kappa shape index (κ2) is 5.52. The molecule has 0 unspecified atom stereocenters. The first kappa shape index (κ1) is 13.0. The summed E-state index contributed by atoms with van der Waals surface area (Å²) in [4.78, 5) is 11.9. The lowest BCUT2D eigenvalue weighted by atomic mass is 10.1. The minimum absolute atomic E-state index is 0.341. The molecule has 0 radical (unpaired) electrons. The number of carbonyl (C=O) groups is 1. The Balaban J connectivity index is 1.69. The third-order valence-electron chi connectivity index (χ3n) is 3.12. The molecule has 20 heavy (non-hydrogen) atoms. The zero-order valence-corrected chi connectivity index (χ0v) is 11.4. The van der Waals surface area contributed by atoms with E-state index in [0.717, 1.165) is 24.2 Å². The highest BCUT2D eigenvalue weighted by Crippen LogP contribution is 2.20. The van der Waals surface area contributed by atoms with Crippen molar-refractivity contribution < 1.29 is 4.79 Å². The van der Waals surface area contributed by atoms with Crippen molar-refractivity contribution in [1.29, 1.82) is 0 Å². The van der Waals surface area contributed by atoms with Crippen LogP contribution in [0, 0.1) is 0 Å². The number of nitrogens with one attached hydrogen (secondary N) is 4. The van der Waals surface area contributed by atoms with Crippen molar-refractivity contribution in [2.24, 2.45) is 0 Å². The Morgan fingerprint density at radius 2 is 2.25 bits per heavy atom. The van der Waals surface area contributed by atoms with Crippen LogP contribution in [0.25, 0.3) is 0 Å². The first-order valence-electron chi connectivity index (χ1n) is 6.33. The summed E-state index contributed by atoms with van der Waals surface area (Å²) in [6, 6.07) is 6.64. The highest BCUT2D eigenvalue weighted by Gasteiger charge is 2.17. The standard InChI is InChI=1S/C13H14ClN5O/c14-8-2-1-3-9(6-8)16-13(20)17-12-10-7-15-5-4-11(10)18-19-12/h1-3,6,15H,4-5,7H2,(H3,16,17,18,19,20). The van der Waals surface area contributed by atoms with E-state index in [9.17, 15) is 4.79 Å². The van der Waals surface area contributed by atoms with Gasteiger partial charge in [0, 0.05) is 41.5 Å². The molecule has 2 aromatic rings. The normalized spacial score (nSPS) is 13.7. The van der Waals surface area contributed by atoms with Crippen LogP contribution in [-0.4, -0.2) is 22.8 Å². The molecular formula is C13H14ClN5O. The molecule has 1 aromatic carbocycles. The quantitative estimate of drug-likeness (QED) is 0.685. The third-order valence-corrected chi connectivity index (χ3v) is 3.36. The molecule has 1 aromatic heterocycles. The fraction of sp³-hybridized carbons (Fsp3) is 0.231. The topological polar surface area (TPSA) is 81.8 Å². The minimum Gasteiger partial charge on any atom is -0.312 e. The van der Waals surface area contributed by atoms with Crippen molar-refractivity contribution in [3.63, 3.8) is 0 Å². The highest BCUT2D eigenvalue weighted by molar-refractivity contribution is 6.30. The largest absolute Gasteiger partial charge is 0.324 e. The fourth-order valence-electron chi connectivity index (χ4n) is 2.16. The molecule has 0 atom stereocenters. The zero-order chi connectivity index (χ0) is 13.9. The maximum Gasteiger partial charge on any atom is 0.324 e. The van der Waals surface area contributed by atoms with E-state index in [1.807, 2.05) is 0 Å². The maximum atomic E-state index is 11.9. The number of rotatable bonds is 2. The van der Waals surface area contributed by atoms with Crippen LogP contribution in [0.15, 0.2) is 24.3 Å². The van der Waals surface area contributed by atoms with Gasteiger partial charge in [-0.25, -0.2) is 4.79 Å². The van der Waals surface area contributed by atoms with E-state index in [4.69, 9.17) is 11.6 Å². The Kier molecular flexibility index (Phi) is 3.58. The van der Waals surface area contributed by atoms with E-state index >= 15 is 0 Å². The van der Waals surface area contributed by atoms with Crippen LogP contribution < -0.4 is 16.0 Å². The van der Waals surface area contributed by atoms with Gasteiger partial charge in [0.2, 0.25) is 0 Å². The Morgan fingerprint density at radius 3 is 3.10 bits per heavy atom. The summed E-state index contributed by atoms with van der Waals surface area (Å²) in [6.07, 6.45) is 0.889. The summed E-state index contributed by atoms with van der Waals surface area (Å²) >= 11 is 5.87. The van der Waals surface area contributed by atoms with Gasteiger partial charge < -0.3 is 10.6 Å². The van der Waals surface area contributed by atoms with Gasteiger partial charge in [0.25, 0.3) is 0 Å². The number of amides is 2. The van der Waals surface area contributed by atoms with Crippen LogP contribution in [0.2, 0.25) is 5.02 Å². The summed E-state index contributed by atoms with van der Waals surface area (Å²) in [6.45, 7) is 1.63. The van der Waals surface area contributed by atoms with Gasteiger partial charge in [0.05, 0.1) is 0 Å². The van der Waals surface area contributed by atoms with Gasteiger partial charge in [-0.1, -0.05) is 17.7 Å². The van der Waals surface area contributed by atoms with Crippen LogP contribution in [0.1, 0.15) is 11.3 Å². The molecule has 3 rings (SSSR count). The summed E-state index contributed by atoms with van der Waals surface area (Å²) < 4.78 is 0. The van der Waals surface area contributed by atoms with Gasteiger partial charge in [-0.2, -0.15) is 5.10 Å². The lowest BCUT2D eigenvalue weighted by Crippen LogP contribution is -2.25. The first-order chi connectivity index (χ1) is 9.72. The Bertz CT molecular complexity index is 639.